The van der Waals surface area contributed by atoms with Gasteiger partial charge in [-0.2, -0.15) is 0 Å². The molecule has 0 bridgehead atoms. The fraction of sp³-hybridized carbons (Fsp3) is 0.529. The number of nitrogens with zero attached hydrogens (tertiary/aromatic N) is 2. The van der Waals surface area contributed by atoms with Gasteiger partial charge in [0, 0.05) is 17.6 Å². The lowest BCUT2D eigenvalue weighted by molar-refractivity contribution is -0.119. The fourth-order valence-electron chi connectivity index (χ4n) is 2.39. The lowest BCUT2D eigenvalue weighted by Gasteiger charge is -2.32. The van der Waals surface area contributed by atoms with Crippen LogP contribution < -0.4 is 9.62 Å². The third-order valence-corrected chi connectivity index (χ3v) is 6.49. The van der Waals surface area contributed by atoms with Crippen LogP contribution in [0.1, 0.15) is 31.1 Å². The second-order valence-electron chi connectivity index (χ2n) is 7.22. The van der Waals surface area contributed by atoms with Gasteiger partial charge in [-0.1, -0.05) is 6.92 Å². The molecule has 0 spiro atoms. The van der Waals surface area contributed by atoms with Crippen LogP contribution in [-0.2, 0) is 14.8 Å². The molecule has 0 saturated carbocycles. The molecule has 1 heterocycles. The zero-order valence-electron chi connectivity index (χ0n) is 15.2. The van der Waals surface area contributed by atoms with E-state index in [-0.39, 0.29) is 22.9 Å². The summed E-state index contributed by atoms with van der Waals surface area (Å²) in [5.41, 5.74) is 0.483. The molecule has 1 aromatic carbocycles. The van der Waals surface area contributed by atoms with Crippen LogP contribution in [0.15, 0.2) is 24.3 Å². The Morgan fingerprint density at radius 2 is 1.84 bits per heavy atom. The number of amides is 2. The van der Waals surface area contributed by atoms with Crippen molar-refractivity contribution in [3.8, 4) is 0 Å². The molecule has 138 valence electrons. The maximum Gasteiger partial charge on any atom is 0.251 e. The molecule has 25 heavy (non-hydrogen) atoms. The fourth-order valence-corrected chi connectivity index (χ4v) is 4.21. The minimum Gasteiger partial charge on any atom is -0.350 e. The van der Waals surface area contributed by atoms with Gasteiger partial charge in [0.05, 0.1) is 17.4 Å². The normalized spacial score (nSPS) is 20.2. The summed E-state index contributed by atoms with van der Waals surface area (Å²) in [6, 6.07) is 6.03. The van der Waals surface area contributed by atoms with Crippen molar-refractivity contribution in [3.05, 3.63) is 29.8 Å². The van der Waals surface area contributed by atoms with Gasteiger partial charge in [-0.15, -0.1) is 0 Å². The molecule has 1 aromatic rings. The van der Waals surface area contributed by atoms with E-state index in [2.05, 4.69) is 5.32 Å². The van der Waals surface area contributed by atoms with Crippen LogP contribution in [0.5, 0.6) is 0 Å². The van der Waals surface area contributed by atoms with Crippen molar-refractivity contribution in [3.63, 3.8) is 0 Å². The van der Waals surface area contributed by atoms with E-state index in [1.807, 2.05) is 32.8 Å². The summed E-state index contributed by atoms with van der Waals surface area (Å²) in [7, 11) is 0.247. The van der Waals surface area contributed by atoms with Crippen LogP contribution in [0.2, 0.25) is 0 Å². The predicted molar refractivity (Wildman–Crippen MR) is 97.0 cm³/mol. The van der Waals surface area contributed by atoms with Crippen LogP contribution in [0.25, 0.3) is 0 Å². The molecule has 0 aromatic heterocycles. The Kier molecular flexibility index (Phi) is 5.24. The topological polar surface area (TPSA) is 86.8 Å². The largest absolute Gasteiger partial charge is 0.350 e. The summed E-state index contributed by atoms with van der Waals surface area (Å²) in [5.74, 6) is -1.43. The van der Waals surface area contributed by atoms with E-state index in [1.54, 1.807) is 6.92 Å². The Morgan fingerprint density at radius 3 is 2.28 bits per heavy atom. The van der Waals surface area contributed by atoms with E-state index in [9.17, 15) is 18.0 Å². The molecule has 2 amide bonds. The van der Waals surface area contributed by atoms with Crippen molar-refractivity contribution in [1.82, 2.24) is 10.2 Å². The number of nitrogens with one attached hydrogen (secondary N) is 1. The number of carbonyl (C=O) groups excluding carboxylic acids is 2. The Balaban J connectivity index is 2.12. The Hall–Kier alpha value is -1.93. The summed E-state index contributed by atoms with van der Waals surface area (Å²) >= 11 is 0. The Bertz CT molecular complexity index is 770. The lowest BCUT2D eigenvalue weighted by Crippen LogP contribution is -2.48. The van der Waals surface area contributed by atoms with Crippen molar-refractivity contribution >= 4 is 27.5 Å². The van der Waals surface area contributed by atoms with E-state index in [0.29, 0.717) is 12.1 Å². The van der Waals surface area contributed by atoms with E-state index < -0.39 is 21.8 Å². The summed E-state index contributed by atoms with van der Waals surface area (Å²) in [6.45, 7) is 6.09. The van der Waals surface area contributed by atoms with Gasteiger partial charge in [0.25, 0.3) is 5.91 Å². The van der Waals surface area contributed by atoms with Gasteiger partial charge in [0.1, 0.15) is 0 Å². The quantitative estimate of drug-likeness (QED) is 0.841. The molecule has 8 heteroatoms. The van der Waals surface area contributed by atoms with Crippen molar-refractivity contribution in [2.75, 3.05) is 30.7 Å². The number of carbonyl (C=O) groups is 2. The van der Waals surface area contributed by atoms with Gasteiger partial charge in [-0.25, -0.2) is 12.7 Å². The van der Waals surface area contributed by atoms with Gasteiger partial charge in [-0.05, 0) is 52.2 Å². The number of rotatable bonds is 5. The standard InChI is InChI=1S/C17H25N3O4S/c1-12-10-25(23,24)20(16(12)22)14-8-6-13(7-9-14)15(21)18-11-17(2,3)19(4)5/h6-9,12H,10-11H2,1-5H3,(H,18,21). The highest BCUT2D eigenvalue weighted by Gasteiger charge is 2.41. The number of anilines is 1. The number of hydrogen-bond acceptors (Lipinski definition) is 5. The number of hydrogen-bond donors (Lipinski definition) is 1. The van der Waals surface area contributed by atoms with Gasteiger partial charge in [0.15, 0.2) is 0 Å². The molecule has 0 aliphatic carbocycles. The monoisotopic (exact) mass is 367 g/mol. The van der Waals surface area contributed by atoms with Crippen LogP contribution >= 0.6 is 0 Å². The second kappa shape index (κ2) is 6.76. The first-order valence-electron chi connectivity index (χ1n) is 8.08. The predicted octanol–water partition coefficient (Wildman–Crippen LogP) is 1.07. The summed E-state index contributed by atoms with van der Waals surface area (Å²) in [4.78, 5) is 26.4. The third-order valence-electron chi connectivity index (χ3n) is 4.62. The average Bonchev–Trinajstić information content (AvgIpc) is 2.72. The highest BCUT2D eigenvalue weighted by molar-refractivity contribution is 7.94. The SMILES string of the molecule is CC1CS(=O)(=O)N(c2ccc(C(=O)NCC(C)(C)N(C)C)cc2)C1=O. The Labute approximate surface area is 149 Å². The van der Waals surface area contributed by atoms with Crippen LogP contribution in [-0.4, -0.2) is 57.1 Å². The van der Waals surface area contributed by atoms with E-state index in [0.717, 1.165) is 4.31 Å². The van der Waals surface area contributed by atoms with Crippen molar-refractivity contribution in [1.29, 1.82) is 0 Å². The molecular weight excluding hydrogens is 342 g/mol. The molecule has 2 rings (SSSR count). The minimum absolute atomic E-state index is 0.187. The molecule has 1 saturated heterocycles. The van der Waals surface area contributed by atoms with Crippen LogP contribution in [0.3, 0.4) is 0 Å². The van der Waals surface area contributed by atoms with Gasteiger partial charge >= 0.3 is 0 Å². The summed E-state index contributed by atoms with van der Waals surface area (Å²) in [6.07, 6.45) is 0. The number of sulfonamides is 1. The maximum absolute atomic E-state index is 12.3. The lowest BCUT2D eigenvalue weighted by atomic mass is 10.0. The summed E-state index contributed by atoms with van der Waals surface area (Å²) in [5, 5.41) is 2.86. The molecule has 1 fully saturated rings. The van der Waals surface area contributed by atoms with Crippen molar-refractivity contribution < 1.29 is 18.0 Å². The van der Waals surface area contributed by atoms with Crippen LogP contribution in [0.4, 0.5) is 5.69 Å². The van der Waals surface area contributed by atoms with Crippen molar-refractivity contribution in [2.45, 2.75) is 26.3 Å². The molecule has 0 radical (unpaired) electrons. The van der Waals surface area contributed by atoms with E-state index in [4.69, 9.17) is 0 Å². The zero-order chi connectivity index (χ0) is 19.0. The molecular formula is C17H25N3O4S. The third kappa shape index (κ3) is 4.01. The van der Waals surface area contributed by atoms with E-state index in [1.165, 1.54) is 24.3 Å². The van der Waals surface area contributed by atoms with Gasteiger partial charge in [0.2, 0.25) is 15.9 Å². The second-order valence-corrected chi connectivity index (χ2v) is 9.08. The first kappa shape index (κ1) is 19.4. The molecule has 1 N–H and O–H groups in total. The van der Waals surface area contributed by atoms with Crippen molar-refractivity contribution in [2.24, 2.45) is 5.92 Å². The molecule has 1 unspecified atom stereocenters. The summed E-state index contributed by atoms with van der Waals surface area (Å²) < 4.78 is 25.0. The maximum atomic E-state index is 12.3. The highest BCUT2D eigenvalue weighted by atomic mass is 32.2. The number of likely N-dealkylation sites (N-methyl/N-ethyl adjacent to an activating group) is 1. The minimum atomic E-state index is -3.63. The Morgan fingerprint density at radius 1 is 1.28 bits per heavy atom. The molecule has 7 nitrogen and oxygen atoms in total. The molecule has 1 aliphatic rings. The smallest absolute Gasteiger partial charge is 0.251 e. The molecule has 1 aliphatic heterocycles. The average molecular weight is 367 g/mol. The van der Waals surface area contributed by atoms with E-state index >= 15 is 0 Å². The highest BCUT2D eigenvalue weighted by Crippen LogP contribution is 2.28. The van der Waals surface area contributed by atoms with Gasteiger partial charge in [-0.3, -0.25) is 9.59 Å². The first-order chi connectivity index (χ1) is 11.5. The zero-order valence-corrected chi connectivity index (χ0v) is 16.1. The first-order valence-corrected chi connectivity index (χ1v) is 9.69. The molecule has 1 atom stereocenters. The number of benzene rings is 1. The van der Waals surface area contributed by atoms with Crippen LogP contribution in [0, 0.1) is 5.92 Å². The van der Waals surface area contributed by atoms with Gasteiger partial charge < -0.3 is 10.2 Å².